The van der Waals surface area contributed by atoms with E-state index in [9.17, 15) is 9.59 Å². The topological polar surface area (TPSA) is 66.6 Å². The van der Waals surface area contributed by atoms with Crippen LogP contribution in [0.3, 0.4) is 0 Å². The summed E-state index contributed by atoms with van der Waals surface area (Å²) in [7, 11) is 0. The van der Waals surface area contributed by atoms with E-state index >= 15 is 0 Å². The molecule has 0 spiro atoms. The predicted octanol–water partition coefficient (Wildman–Crippen LogP) is 1.80. The Bertz CT molecular complexity index is 547. The summed E-state index contributed by atoms with van der Waals surface area (Å²) in [6.07, 6.45) is 3.48. The molecule has 3 rings (SSSR count). The van der Waals surface area contributed by atoms with Crippen LogP contribution in [-0.2, 0) is 4.79 Å². The summed E-state index contributed by atoms with van der Waals surface area (Å²) in [6, 6.07) is 7.43. The molecule has 2 aliphatic rings. The van der Waals surface area contributed by atoms with Crippen molar-refractivity contribution in [2.75, 3.05) is 24.5 Å². The molecule has 0 saturated carbocycles. The highest BCUT2D eigenvalue weighted by Gasteiger charge is 2.24. The second-order valence-corrected chi connectivity index (χ2v) is 5.85. The van der Waals surface area contributed by atoms with Crippen LogP contribution < -0.4 is 10.6 Å². The van der Waals surface area contributed by atoms with Crippen LogP contribution in [0.4, 0.5) is 5.69 Å². The molecule has 120 valence electrons. The number of piperidine rings is 1. The second kappa shape index (κ2) is 7.11. The molecule has 2 fully saturated rings. The van der Waals surface area contributed by atoms with E-state index in [1.54, 1.807) is 4.90 Å². The van der Waals surface area contributed by atoms with Crippen molar-refractivity contribution in [3.63, 3.8) is 0 Å². The number of hydrogen-bond acceptors (Lipinski definition) is 3. The Morgan fingerprint density at radius 1 is 1.14 bits per heavy atom. The van der Waals surface area contributed by atoms with Gasteiger partial charge in [-0.05, 0) is 43.5 Å². The van der Waals surface area contributed by atoms with Crippen molar-refractivity contribution in [3.8, 4) is 0 Å². The Morgan fingerprint density at radius 2 is 1.86 bits per heavy atom. The van der Waals surface area contributed by atoms with E-state index in [0.717, 1.165) is 38.0 Å². The third kappa shape index (κ3) is 3.42. The van der Waals surface area contributed by atoms with Gasteiger partial charge < -0.3 is 15.5 Å². The number of nitrogens with zero attached hydrogens (tertiary/aromatic N) is 2. The zero-order chi connectivity index (χ0) is 14.8. The van der Waals surface area contributed by atoms with Crippen molar-refractivity contribution in [1.82, 2.24) is 4.90 Å². The van der Waals surface area contributed by atoms with Gasteiger partial charge in [-0.1, -0.05) is 0 Å². The molecule has 0 aliphatic carbocycles. The minimum Gasteiger partial charge on any atom is -0.337 e. The minimum absolute atomic E-state index is 0. The molecule has 5 nitrogen and oxygen atoms in total. The standard InChI is InChI=1S/C16H21N3O2.ClH/c17-13-3-1-9-18(11-13)16(21)12-5-7-14(8-6-12)19-10-2-4-15(19)20;/h5-8,13H,1-4,9-11,17H2;1H. The van der Waals surface area contributed by atoms with E-state index in [-0.39, 0.29) is 30.3 Å². The Morgan fingerprint density at radius 3 is 2.45 bits per heavy atom. The summed E-state index contributed by atoms with van der Waals surface area (Å²) in [4.78, 5) is 27.8. The number of benzene rings is 1. The summed E-state index contributed by atoms with van der Waals surface area (Å²) in [5, 5.41) is 0. The van der Waals surface area contributed by atoms with Gasteiger partial charge in [0.2, 0.25) is 5.91 Å². The average molecular weight is 324 g/mol. The average Bonchev–Trinajstić information content (AvgIpc) is 2.93. The fourth-order valence-electron chi connectivity index (χ4n) is 3.08. The lowest BCUT2D eigenvalue weighted by Crippen LogP contribution is -2.45. The summed E-state index contributed by atoms with van der Waals surface area (Å²) in [5.74, 6) is 0.195. The smallest absolute Gasteiger partial charge is 0.253 e. The molecule has 0 radical (unpaired) electrons. The van der Waals surface area contributed by atoms with E-state index < -0.39 is 0 Å². The first-order valence-electron chi connectivity index (χ1n) is 7.60. The van der Waals surface area contributed by atoms with Crippen molar-refractivity contribution in [3.05, 3.63) is 29.8 Å². The molecule has 2 heterocycles. The molecule has 2 N–H and O–H groups in total. The molecule has 1 atom stereocenters. The first-order chi connectivity index (χ1) is 10.1. The molecular weight excluding hydrogens is 302 g/mol. The highest BCUT2D eigenvalue weighted by atomic mass is 35.5. The third-order valence-electron chi connectivity index (χ3n) is 4.24. The number of carbonyl (C=O) groups excluding carboxylic acids is 2. The van der Waals surface area contributed by atoms with Crippen LogP contribution in [0.1, 0.15) is 36.0 Å². The molecule has 0 bridgehead atoms. The number of likely N-dealkylation sites (tertiary alicyclic amines) is 1. The highest BCUT2D eigenvalue weighted by Crippen LogP contribution is 2.22. The van der Waals surface area contributed by atoms with Gasteiger partial charge in [-0.2, -0.15) is 0 Å². The first-order valence-corrected chi connectivity index (χ1v) is 7.60. The molecule has 2 saturated heterocycles. The van der Waals surface area contributed by atoms with Gasteiger partial charge in [-0.3, -0.25) is 9.59 Å². The minimum atomic E-state index is 0. The van der Waals surface area contributed by atoms with Crippen LogP contribution in [0.25, 0.3) is 0 Å². The van der Waals surface area contributed by atoms with Crippen molar-refractivity contribution < 1.29 is 9.59 Å². The molecule has 1 aromatic rings. The van der Waals surface area contributed by atoms with Crippen LogP contribution >= 0.6 is 12.4 Å². The SMILES string of the molecule is Cl.NC1CCCN(C(=O)c2ccc(N3CCCC3=O)cc2)C1. The molecule has 22 heavy (non-hydrogen) atoms. The van der Waals surface area contributed by atoms with E-state index in [0.29, 0.717) is 18.5 Å². The van der Waals surface area contributed by atoms with Gasteiger partial charge >= 0.3 is 0 Å². The van der Waals surface area contributed by atoms with Gasteiger partial charge in [-0.25, -0.2) is 0 Å². The molecule has 0 aromatic heterocycles. The number of anilines is 1. The van der Waals surface area contributed by atoms with E-state index in [2.05, 4.69) is 0 Å². The molecule has 1 unspecified atom stereocenters. The summed E-state index contributed by atoms with van der Waals surface area (Å²) >= 11 is 0. The van der Waals surface area contributed by atoms with Crippen LogP contribution in [0, 0.1) is 0 Å². The van der Waals surface area contributed by atoms with Crippen LogP contribution in [-0.4, -0.2) is 42.4 Å². The summed E-state index contributed by atoms with van der Waals surface area (Å²) in [6.45, 7) is 2.18. The lowest BCUT2D eigenvalue weighted by Gasteiger charge is -2.30. The third-order valence-corrected chi connectivity index (χ3v) is 4.24. The Balaban J connectivity index is 0.00000176. The van der Waals surface area contributed by atoms with Crippen molar-refractivity contribution in [2.24, 2.45) is 5.73 Å². The van der Waals surface area contributed by atoms with Gasteiger partial charge in [0.1, 0.15) is 0 Å². The normalized spacial score (nSPS) is 21.7. The quantitative estimate of drug-likeness (QED) is 0.902. The van der Waals surface area contributed by atoms with Gasteiger partial charge in [0.25, 0.3) is 5.91 Å². The Kier molecular flexibility index (Phi) is 5.42. The maximum absolute atomic E-state index is 12.4. The monoisotopic (exact) mass is 323 g/mol. The number of carbonyl (C=O) groups is 2. The first kappa shape index (κ1) is 16.8. The molecular formula is C16H22ClN3O2. The van der Waals surface area contributed by atoms with Crippen molar-refractivity contribution >= 4 is 29.9 Å². The largest absolute Gasteiger partial charge is 0.337 e. The summed E-state index contributed by atoms with van der Waals surface area (Å²) < 4.78 is 0. The number of nitrogens with two attached hydrogens (primary N) is 1. The molecule has 2 aliphatic heterocycles. The van der Waals surface area contributed by atoms with Crippen LogP contribution in [0.5, 0.6) is 0 Å². The van der Waals surface area contributed by atoms with Crippen molar-refractivity contribution in [1.29, 1.82) is 0 Å². The zero-order valence-corrected chi connectivity index (χ0v) is 13.3. The number of hydrogen-bond donors (Lipinski definition) is 1. The Hall–Kier alpha value is -1.59. The molecule has 6 heteroatoms. The second-order valence-electron chi connectivity index (χ2n) is 5.85. The lowest BCUT2D eigenvalue weighted by atomic mass is 10.1. The number of rotatable bonds is 2. The fraction of sp³-hybridized carbons (Fsp3) is 0.500. The van der Waals surface area contributed by atoms with Gasteiger partial charge in [0.05, 0.1) is 0 Å². The van der Waals surface area contributed by atoms with E-state index in [1.807, 2.05) is 29.2 Å². The fourth-order valence-corrected chi connectivity index (χ4v) is 3.08. The molecule has 1 aromatic carbocycles. The zero-order valence-electron chi connectivity index (χ0n) is 12.5. The van der Waals surface area contributed by atoms with Crippen LogP contribution in [0.15, 0.2) is 24.3 Å². The van der Waals surface area contributed by atoms with Gasteiger partial charge in [-0.15, -0.1) is 12.4 Å². The van der Waals surface area contributed by atoms with Gasteiger partial charge in [0, 0.05) is 43.3 Å². The maximum atomic E-state index is 12.4. The molecule has 2 amide bonds. The highest BCUT2D eigenvalue weighted by molar-refractivity contribution is 5.97. The lowest BCUT2D eigenvalue weighted by molar-refractivity contribution is -0.117. The number of halogens is 1. The predicted molar refractivity (Wildman–Crippen MR) is 88.4 cm³/mol. The van der Waals surface area contributed by atoms with Crippen LogP contribution in [0.2, 0.25) is 0 Å². The number of amides is 2. The maximum Gasteiger partial charge on any atom is 0.253 e. The summed E-state index contributed by atoms with van der Waals surface area (Å²) in [5.41, 5.74) is 7.47. The van der Waals surface area contributed by atoms with Gasteiger partial charge in [0.15, 0.2) is 0 Å². The Labute approximate surface area is 136 Å². The van der Waals surface area contributed by atoms with E-state index in [4.69, 9.17) is 5.73 Å². The van der Waals surface area contributed by atoms with Crippen molar-refractivity contribution in [2.45, 2.75) is 31.7 Å². The van der Waals surface area contributed by atoms with E-state index in [1.165, 1.54) is 0 Å².